The summed E-state index contributed by atoms with van der Waals surface area (Å²) >= 11 is 0. The predicted molar refractivity (Wildman–Crippen MR) is 72.9 cm³/mol. The summed E-state index contributed by atoms with van der Waals surface area (Å²) in [5.41, 5.74) is 8.08. The van der Waals surface area contributed by atoms with Crippen LogP contribution in [0.15, 0.2) is 18.2 Å². The van der Waals surface area contributed by atoms with Gasteiger partial charge in [0.2, 0.25) is 0 Å². The lowest BCUT2D eigenvalue weighted by molar-refractivity contribution is 0.0281. The molecule has 0 radical (unpaired) electrons. The van der Waals surface area contributed by atoms with E-state index in [-0.39, 0.29) is 17.3 Å². The minimum absolute atomic E-state index is 0.133. The summed E-state index contributed by atoms with van der Waals surface area (Å²) < 4.78 is 13.4. The predicted octanol–water partition coefficient (Wildman–Crippen LogP) is 2.87. The van der Waals surface area contributed by atoms with E-state index in [1.54, 1.807) is 6.07 Å². The van der Waals surface area contributed by atoms with E-state index in [9.17, 15) is 4.39 Å². The number of halogens is 1. The van der Waals surface area contributed by atoms with Crippen LogP contribution in [0.1, 0.15) is 36.4 Å². The summed E-state index contributed by atoms with van der Waals surface area (Å²) in [7, 11) is 4.16. The minimum atomic E-state index is -0.133. The molecule has 2 N–H and O–H groups in total. The number of rotatable bonds is 4. The molecule has 2 rings (SSSR count). The molecule has 1 aliphatic rings. The maximum Gasteiger partial charge on any atom is 0.126 e. The smallest absolute Gasteiger partial charge is 0.126 e. The summed E-state index contributed by atoms with van der Waals surface area (Å²) in [6, 6.07) is 5.73. The van der Waals surface area contributed by atoms with Crippen molar-refractivity contribution in [2.45, 2.75) is 32.2 Å². The van der Waals surface area contributed by atoms with Crippen LogP contribution < -0.4 is 5.73 Å². The van der Waals surface area contributed by atoms with Crippen molar-refractivity contribution in [1.82, 2.24) is 4.90 Å². The summed E-state index contributed by atoms with van der Waals surface area (Å²) in [5, 5.41) is 0. The topological polar surface area (TPSA) is 29.3 Å². The quantitative estimate of drug-likeness (QED) is 0.890. The van der Waals surface area contributed by atoms with Gasteiger partial charge in [-0.15, -0.1) is 0 Å². The van der Waals surface area contributed by atoms with Crippen LogP contribution in [0, 0.1) is 18.2 Å². The van der Waals surface area contributed by atoms with Gasteiger partial charge in [-0.1, -0.05) is 18.6 Å². The highest BCUT2D eigenvalue weighted by Gasteiger charge is 2.44. The van der Waals surface area contributed by atoms with Gasteiger partial charge in [0.25, 0.3) is 0 Å². The van der Waals surface area contributed by atoms with Gasteiger partial charge in [0.1, 0.15) is 5.82 Å². The van der Waals surface area contributed by atoms with Gasteiger partial charge in [-0.05, 0) is 57.6 Å². The second-order valence-electron chi connectivity index (χ2n) is 5.79. The number of hydrogen-bond acceptors (Lipinski definition) is 2. The molecular weight excluding hydrogens is 227 g/mol. The van der Waals surface area contributed by atoms with Crippen molar-refractivity contribution in [3.05, 3.63) is 35.1 Å². The Kier molecular flexibility index (Phi) is 3.74. The van der Waals surface area contributed by atoms with E-state index in [0.29, 0.717) is 12.1 Å². The van der Waals surface area contributed by atoms with Gasteiger partial charge in [0, 0.05) is 11.5 Å². The lowest BCUT2D eigenvalue weighted by Crippen LogP contribution is -2.47. The van der Waals surface area contributed by atoms with Crippen LogP contribution in [0.5, 0.6) is 0 Å². The lowest BCUT2D eigenvalue weighted by atomic mass is 9.62. The third kappa shape index (κ3) is 2.17. The average molecular weight is 250 g/mol. The van der Waals surface area contributed by atoms with Gasteiger partial charge in [-0.25, -0.2) is 4.39 Å². The van der Waals surface area contributed by atoms with Crippen molar-refractivity contribution in [1.29, 1.82) is 0 Å². The maximum atomic E-state index is 13.4. The molecule has 0 amide bonds. The van der Waals surface area contributed by atoms with Crippen molar-refractivity contribution >= 4 is 0 Å². The molecule has 1 unspecified atom stereocenters. The first-order valence-electron chi connectivity index (χ1n) is 6.63. The van der Waals surface area contributed by atoms with Crippen molar-refractivity contribution in [2.75, 3.05) is 20.6 Å². The molecule has 0 heterocycles. The summed E-state index contributed by atoms with van der Waals surface area (Å²) in [4.78, 5) is 2.22. The molecule has 0 bridgehead atoms. The van der Waals surface area contributed by atoms with Crippen LogP contribution in [0.25, 0.3) is 0 Å². The van der Waals surface area contributed by atoms with Gasteiger partial charge in [-0.3, -0.25) is 0 Å². The molecule has 0 aromatic heterocycles. The molecule has 2 nitrogen and oxygen atoms in total. The van der Waals surface area contributed by atoms with Crippen LogP contribution in [0.2, 0.25) is 0 Å². The molecule has 1 aromatic carbocycles. The monoisotopic (exact) mass is 250 g/mol. The van der Waals surface area contributed by atoms with Crippen LogP contribution in [-0.2, 0) is 0 Å². The number of aryl methyl sites for hydroxylation is 1. The van der Waals surface area contributed by atoms with E-state index in [0.717, 1.165) is 0 Å². The fraction of sp³-hybridized carbons (Fsp3) is 0.600. The third-order valence-electron chi connectivity index (χ3n) is 4.35. The maximum absolute atomic E-state index is 13.4. The van der Waals surface area contributed by atoms with Gasteiger partial charge >= 0.3 is 0 Å². The molecule has 1 atom stereocenters. The van der Waals surface area contributed by atoms with Gasteiger partial charge < -0.3 is 10.6 Å². The first-order chi connectivity index (χ1) is 8.50. The highest BCUT2D eigenvalue weighted by Crippen LogP contribution is 2.51. The zero-order valence-corrected chi connectivity index (χ0v) is 11.5. The Morgan fingerprint density at radius 3 is 2.44 bits per heavy atom. The molecule has 100 valence electrons. The molecule has 0 saturated heterocycles. The Morgan fingerprint density at radius 2 is 2.06 bits per heavy atom. The van der Waals surface area contributed by atoms with E-state index in [2.05, 4.69) is 19.0 Å². The Labute approximate surface area is 109 Å². The van der Waals surface area contributed by atoms with Crippen LogP contribution in [0.4, 0.5) is 4.39 Å². The van der Waals surface area contributed by atoms with Crippen molar-refractivity contribution in [2.24, 2.45) is 11.1 Å². The standard InChI is InChI=1S/C15H23FN2/c1-11-9-12(5-6-13(11)16)14(18(2)3)15(10-17)7-4-8-15/h5-6,9,14H,4,7-8,10,17H2,1-3H3. The molecule has 18 heavy (non-hydrogen) atoms. The summed E-state index contributed by atoms with van der Waals surface area (Å²) in [6.45, 7) is 2.52. The molecule has 0 spiro atoms. The zero-order valence-electron chi connectivity index (χ0n) is 11.5. The Morgan fingerprint density at radius 1 is 1.39 bits per heavy atom. The average Bonchev–Trinajstić information content (AvgIpc) is 2.27. The van der Waals surface area contributed by atoms with Crippen molar-refractivity contribution in [3.63, 3.8) is 0 Å². The first kappa shape index (κ1) is 13.5. The minimum Gasteiger partial charge on any atom is -0.330 e. The molecule has 0 aliphatic heterocycles. The highest BCUT2D eigenvalue weighted by atomic mass is 19.1. The van der Waals surface area contributed by atoms with Gasteiger partial charge in [-0.2, -0.15) is 0 Å². The van der Waals surface area contributed by atoms with Crippen LogP contribution in [0.3, 0.4) is 0 Å². The number of nitrogens with zero attached hydrogens (tertiary/aromatic N) is 1. The fourth-order valence-electron chi connectivity index (χ4n) is 3.26. The second kappa shape index (κ2) is 4.98. The van der Waals surface area contributed by atoms with E-state index in [4.69, 9.17) is 5.73 Å². The van der Waals surface area contributed by atoms with Gasteiger partial charge in [0.05, 0.1) is 0 Å². The number of nitrogens with two attached hydrogens (primary N) is 1. The zero-order chi connectivity index (χ0) is 13.3. The lowest BCUT2D eigenvalue weighted by Gasteiger charge is -2.50. The third-order valence-corrected chi connectivity index (χ3v) is 4.35. The van der Waals surface area contributed by atoms with E-state index >= 15 is 0 Å². The summed E-state index contributed by atoms with van der Waals surface area (Å²) in [5.74, 6) is -0.133. The fourth-order valence-corrected chi connectivity index (χ4v) is 3.26. The largest absolute Gasteiger partial charge is 0.330 e. The van der Waals surface area contributed by atoms with Crippen LogP contribution >= 0.6 is 0 Å². The van der Waals surface area contributed by atoms with E-state index in [1.807, 2.05) is 19.1 Å². The molecule has 1 aliphatic carbocycles. The Balaban J connectivity index is 2.38. The van der Waals surface area contributed by atoms with E-state index < -0.39 is 0 Å². The highest BCUT2D eigenvalue weighted by molar-refractivity contribution is 5.29. The van der Waals surface area contributed by atoms with E-state index in [1.165, 1.54) is 24.8 Å². The second-order valence-corrected chi connectivity index (χ2v) is 5.79. The first-order valence-corrected chi connectivity index (χ1v) is 6.63. The number of benzene rings is 1. The Hall–Kier alpha value is -0.930. The summed E-state index contributed by atoms with van der Waals surface area (Å²) in [6.07, 6.45) is 3.59. The van der Waals surface area contributed by atoms with Crippen molar-refractivity contribution < 1.29 is 4.39 Å². The Bertz CT molecular complexity index is 419. The van der Waals surface area contributed by atoms with Crippen LogP contribution in [-0.4, -0.2) is 25.5 Å². The molecule has 1 aromatic rings. The molecular formula is C15H23FN2. The number of hydrogen-bond donors (Lipinski definition) is 1. The molecule has 1 fully saturated rings. The molecule has 1 saturated carbocycles. The molecule has 3 heteroatoms. The SMILES string of the molecule is Cc1cc(C(N(C)C)C2(CN)CCC2)ccc1F. The van der Waals surface area contributed by atoms with Gasteiger partial charge in [0.15, 0.2) is 0 Å². The normalized spacial score (nSPS) is 19.7. The van der Waals surface area contributed by atoms with Crippen molar-refractivity contribution in [3.8, 4) is 0 Å².